The maximum Gasteiger partial charge on any atom is 0.387 e. The average molecular weight is 419 g/mol. The second kappa shape index (κ2) is 7.20. The molecule has 27 heavy (non-hydrogen) atoms. The number of sulfonamides is 1. The Labute approximate surface area is 158 Å². The molecule has 3 rings (SSSR count). The van der Waals surface area contributed by atoms with E-state index in [0.717, 1.165) is 6.07 Å². The second-order valence-corrected chi connectivity index (χ2v) is 7.57. The summed E-state index contributed by atoms with van der Waals surface area (Å²) in [6, 6.07) is 6.30. The maximum absolute atomic E-state index is 12.7. The molecule has 1 heterocycles. The molecule has 0 spiro atoms. The number of hydrogen-bond donors (Lipinski definition) is 2. The number of halogens is 3. The van der Waals surface area contributed by atoms with E-state index in [9.17, 15) is 22.0 Å². The van der Waals surface area contributed by atoms with E-state index in [1.807, 2.05) is 0 Å². The smallest absolute Gasteiger partial charge is 0.387 e. The molecule has 0 saturated carbocycles. The minimum atomic E-state index is -4.15. The molecule has 11 heteroatoms. The van der Waals surface area contributed by atoms with Crippen LogP contribution < -0.4 is 19.5 Å². The van der Waals surface area contributed by atoms with Gasteiger partial charge in [0.1, 0.15) is 4.90 Å². The first-order valence-corrected chi connectivity index (χ1v) is 9.33. The first kappa shape index (κ1) is 19.2. The van der Waals surface area contributed by atoms with Gasteiger partial charge < -0.3 is 14.8 Å². The molecule has 2 aromatic rings. The van der Waals surface area contributed by atoms with Crippen LogP contribution in [0.4, 0.5) is 20.2 Å². The zero-order chi connectivity index (χ0) is 19.8. The molecular formula is C16H13ClF2N2O5S. The Morgan fingerprint density at radius 2 is 1.96 bits per heavy atom. The van der Waals surface area contributed by atoms with E-state index in [-0.39, 0.29) is 39.4 Å². The molecule has 0 aromatic heterocycles. The summed E-state index contributed by atoms with van der Waals surface area (Å²) in [6.45, 7) is -3.11. The van der Waals surface area contributed by atoms with Crippen LogP contribution in [-0.4, -0.2) is 28.0 Å². The van der Waals surface area contributed by atoms with Gasteiger partial charge in [-0.2, -0.15) is 8.78 Å². The van der Waals surface area contributed by atoms with Gasteiger partial charge in [0.25, 0.3) is 10.0 Å². The van der Waals surface area contributed by atoms with E-state index in [0.29, 0.717) is 11.3 Å². The summed E-state index contributed by atoms with van der Waals surface area (Å²) in [4.78, 5) is 11.2. The molecule has 0 unspecified atom stereocenters. The number of methoxy groups -OCH3 is 1. The predicted octanol–water partition coefficient (Wildman–Crippen LogP) is 3.25. The van der Waals surface area contributed by atoms with Gasteiger partial charge in [-0.25, -0.2) is 8.42 Å². The number of anilines is 2. The zero-order valence-electron chi connectivity index (χ0n) is 13.8. The summed E-state index contributed by atoms with van der Waals surface area (Å²) in [6.07, 6.45) is 0.0317. The number of hydrogen-bond acceptors (Lipinski definition) is 5. The van der Waals surface area contributed by atoms with Crippen molar-refractivity contribution in [1.82, 2.24) is 0 Å². The summed E-state index contributed by atoms with van der Waals surface area (Å²) in [7, 11) is -2.89. The van der Waals surface area contributed by atoms with Crippen LogP contribution in [0, 0.1) is 0 Å². The SMILES string of the molecule is COc1ccc(NS(=O)(=O)c2cc3c(cc2Cl)NC(=O)C3)cc1OC(F)F. The van der Waals surface area contributed by atoms with Crippen LogP contribution in [0.1, 0.15) is 5.56 Å². The Bertz CT molecular complexity index is 1010. The normalized spacial score (nSPS) is 13.3. The summed E-state index contributed by atoms with van der Waals surface area (Å²) >= 11 is 6.04. The molecule has 1 aliphatic rings. The first-order valence-electron chi connectivity index (χ1n) is 7.47. The first-order chi connectivity index (χ1) is 12.7. The van der Waals surface area contributed by atoms with Crippen molar-refractivity contribution in [2.75, 3.05) is 17.1 Å². The fourth-order valence-electron chi connectivity index (χ4n) is 2.57. The minimum absolute atomic E-state index is 0.0124. The highest BCUT2D eigenvalue weighted by Gasteiger charge is 2.25. The molecule has 0 bridgehead atoms. The summed E-state index contributed by atoms with van der Waals surface area (Å²) in [5, 5.41) is 2.47. The van der Waals surface area contributed by atoms with Gasteiger partial charge >= 0.3 is 6.61 Å². The predicted molar refractivity (Wildman–Crippen MR) is 94.2 cm³/mol. The second-order valence-electron chi connectivity index (χ2n) is 5.51. The van der Waals surface area contributed by atoms with E-state index in [1.54, 1.807) is 0 Å². The number of carbonyl (C=O) groups excluding carboxylic acids is 1. The van der Waals surface area contributed by atoms with Crippen molar-refractivity contribution in [2.24, 2.45) is 0 Å². The maximum atomic E-state index is 12.7. The number of rotatable bonds is 6. The number of benzene rings is 2. The summed E-state index contributed by atoms with van der Waals surface area (Å²) in [5.41, 5.74) is 0.902. The number of nitrogens with one attached hydrogen (secondary N) is 2. The van der Waals surface area contributed by atoms with Crippen molar-refractivity contribution < 1.29 is 31.5 Å². The van der Waals surface area contributed by atoms with Crippen molar-refractivity contribution in [3.05, 3.63) is 40.9 Å². The number of alkyl halides is 2. The van der Waals surface area contributed by atoms with E-state index in [4.69, 9.17) is 16.3 Å². The minimum Gasteiger partial charge on any atom is -0.493 e. The van der Waals surface area contributed by atoms with Crippen LogP contribution in [0.5, 0.6) is 11.5 Å². The third-order valence-corrected chi connectivity index (χ3v) is 5.55. The molecule has 0 radical (unpaired) electrons. The third-order valence-electron chi connectivity index (χ3n) is 3.70. The monoisotopic (exact) mass is 418 g/mol. The molecule has 1 aliphatic heterocycles. The fourth-order valence-corrected chi connectivity index (χ4v) is 4.20. The van der Waals surface area contributed by atoms with Gasteiger partial charge in [-0.1, -0.05) is 11.6 Å². The number of amides is 1. The van der Waals surface area contributed by atoms with Gasteiger partial charge in [0, 0.05) is 11.8 Å². The lowest BCUT2D eigenvalue weighted by Crippen LogP contribution is -2.14. The van der Waals surface area contributed by atoms with Gasteiger partial charge in [-0.15, -0.1) is 0 Å². The largest absolute Gasteiger partial charge is 0.493 e. The van der Waals surface area contributed by atoms with Crippen molar-refractivity contribution in [3.63, 3.8) is 0 Å². The lowest BCUT2D eigenvalue weighted by molar-refractivity contribution is -0.115. The zero-order valence-corrected chi connectivity index (χ0v) is 15.3. The van der Waals surface area contributed by atoms with Crippen molar-refractivity contribution in [2.45, 2.75) is 17.9 Å². The van der Waals surface area contributed by atoms with E-state index < -0.39 is 16.6 Å². The molecule has 1 amide bonds. The summed E-state index contributed by atoms with van der Waals surface area (Å²) in [5.74, 6) is -0.589. The highest BCUT2D eigenvalue weighted by molar-refractivity contribution is 7.92. The van der Waals surface area contributed by atoms with Crippen LogP contribution in [0.2, 0.25) is 5.02 Å². The molecule has 7 nitrogen and oxygen atoms in total. The van der Waals surface area contributed by atoms with E-state index in [1.165, 1.54) is 31.4 Å². The summed E-state index contributed by atoms with van der Waals surface area (Å²) < 4.78 is 61.8. The number of fused-ring (bicyclic) bond motifs is 1. The van der Waals surface area contributed by atoms with Crippen LogP contribution in [0.3, 0.4) is 0 Å². The fraction of sp³-hybridized carbons (Fsp3) is 0.188. The standard InChI is InChI=1S/C16H13ClF2N2O5S/c1-25-12-3-2-9(6-13(12)26-16(18)19)21-27(23,24)14-4-8-5-15(22)20-11(8)7-10(14)17/h2-4,6-7,16,21H,5H2,1H3,(H,20,22). The van der Waals surface area contributed by atoms with E-state index >= 15 is 0 Å². The van der Waals surface area contributed by atoms with Gasteiger partial charge in [-0.05, 0) is 29.8 Å². The van der Waals surface area contributed by atoms with Crippen LogP contribution in [0.25, 0.3) is 0 Å². The van der Waals surface area contributed by atoms with Crippen LogP contribution in [-0.2, 0) is 21.2 Å². The van der Waals surface area contributed by atoms with Crippen molar-refractivity contribution in [1.29, 1.82) is 0 Å². The third kappa shape index (κ3) is 4.06. The van der Waals surface area contributed by atoms with Gasteiger partial charge in [0.15, 0.2) is 11.5 Å². The molecule has 0 atom stereocenters. The molecule has 0 fully saturated rings. The Balaban J connectivity index is 1.94. The Morgan fingerprint density at radius 3 is 2.63 bits per heavy atom. The molecule has 0 saturated heterocycles. The topological polar surface area (TPSA) is 93.7 Å². The molecular weight excluding hydrogens is 406 g/mol. The van der Waals surface area contributed by atoms with Gasteiger partial charge in [0.2, 0.25) is 5.91 Å². The lowest BCUT2D eigenvalue weighted by atomic mass is 10.2. The molecule has 2 aromatic carbocycles. The Morgan fingerprint density at radius 1 is 1.22 bits per heavy atom. The quantitative estimate of drug-likeness (QED) is 0.751. The van der Waals surface area contributed by atoms with Crippen molar-refractivity contribution >= 4 is 38.9 Å². The van der Waals surface area contributed by atoms with E-state index in [2.05, 4.69) is 14.8 Å². The van der Waals surface area contributed by atoms with Gasteiger partial charge in [-0.3, -0.25) is 9.52 Å². The molecule has 144 valence electrons. The number of ether oxygens (including phenoxy) is 2. The van der Waals surface area contributed by atoms with Crippen molar-refractivity contribution in [3.8, 4) is 11.5 Å². The van der Waals surface area contributed by atoms with Crippen LogP contribution in [0.15, 0.2) is 35.2 Å². The van der Waals surface area contributed by atoms with Gasteiger partial charge in [0.05, 0.1) is 24.2 Å². The highest BCUT2D eigenvalue weighted by Crippen LogP contribution is 2.35. The highest BCUT2D eigenvalue weighted by atomic mass is 35.5. The number of carbonyl (C=O) groups is 1. The molecule has 0 aliphatic carbocycles. The lowest BCUT2D eigenvalue weighted by Gasteiger charge is -2.14. The van der Waals surface area contributed by atoms with Crippen LogP contribution >= 0.6 is 11.6 Å². The Kier molecular flexibility index (Phi) is 5.11. The molecule has 2 N–H and O–H groups in total. The average Bonchev–Trinajstić information content (AvgIpc) is 2.92. The Hall–Kier alpha value is -2.59.